The predicted octanol–water partition coefficient (Wildman–Crippen LogP) is 5.89. The van der Waals surface area contributed by atoms with Crippen LogP contribution in [0.4, 0.5) is 0 Å². The molecule has 0 heterocycles. The average Bonchev–Trinajstić information content (AvgIpc) is 2.64. The Hall–Kier alpha value is -2.87. The fraction of sp³-hybridized carbons (Fsp3) is 0.174. The summed E-state index contributed by atoms with van der Waals surface area (Å²) in [5.74, 6) is 1.59. The van der Waals surface area contributed by atoms with Gasteiger partial charge in [-0.05, 0) is 61.7 Å². The second-order valence-corrected chi connectivity index (χ2v) is 6.27. The van der Waals surface area contributed by atoms with Gasteiger partial charge in [0.25, 0.3) is 0 Å². The van der Waals surface area contributed by atoms with Gasteiger partial charge in [0.2, 0.25) is 0 Å². The number of hydrogen-bond donors (Lipinski definition) is 0. The zero-order valence-electron chi connectivity index (χ0n) is 14.9. The Balaban J connectivity index is 1.75. The van der Waals surface area contributed by atoms with Crippen molar-refractivity contribution in [2.45, 2.75) is 27.2 Å². The van der Waals surface area contributed by atoms with E-state index < -0.39 is 0 Å². The maximum absolute atomic E-state index is 12.6. The Morgan fingerprint density at radius 2 is 1.44 bits per heavy atom. The Kier molecular flexibility index (Phi) is 4.99. The summed E-state index contributed by atoms with van der Waals surface area (Å²) in [6.45, 7) is 6.19. The smallest absolute Gasteiger partial charge is 0.193 e. The highest BCUT2D eigenvalue weighted by Gasteiger charge is 2.09. The minimum Gasteiger partial charge on any atom is -0.457 e. The molecular weight excluding hydrogens is 308 g/mol. The lowest BCUT2D eigenvalue weighted by Crippen LogP contribution is -2.01. The van der Waals surface area contributed by atoms with Crippen LogP contribution in [-0.2, 0) is 6.42 Å². The third-order valence-corrected chi connectivity index (χ3v) is 4.30. The van der Waals surface area contributed by atoms with E-state index in [1.54, 1.807) is 0 Å². The summed E-state index contributed by atoms with van der Waals surface area (Å²) in [6.07, 6.45) is 0.971. The summed E-state index contributed by atoms with van der Waals surface area (Å²) in [5.41, 5.74) is 4.90. The lowest BCUT2D eigenvalue weighted by Gasteiger charge is -2.10. The average molecular weight is 330 g/mol. The van der Waals surface area contributed by atoms with E-state index in [1.807, 2.05) is 67.6 Å². The fourth-order valence-corrected chi connectivity index (χ4v) is 2.77. The van der Waals surface area contributed by atoms with Crippen molar-refractivity contribution in [2.75, 3.05) is 0 Å². The minimum atomic E-state index is 0.0284. The number of carbonyl (C=O) groups is 1. The normalized spacial score (nSPS) is 10.5. The molecule has 126 valence electrons. The van der Waals surface area contributed by atoms with Gasteiger partial charge < -0.3 is 4.74 Å². The summed E-state index contributed by atoms with van der Waals surface area (Å²) in [5, 5.41) is 0. The van der Waals surface area contributed by atoms with Crippen molar-refractivity contribution in [1.82, 2.24) is 0 Å². The second-order valence-electron chi connectivity index (χ2n) is 6.27. The molecule has 0 fully saturated rings. The minimum absolute atomic E-state index is 0.0284. The molecule has 0 aliphatic carbocycles. The van der Waals surface area contributed by atoms with E-state index in [-0.39, 0.29) is 5.78 Å². The number of hydrogen-bond acceptors (Lipinski definition) is 2. The lowest BCUT2D eigenvalue weighted by atomic mass is 10.0. The van der Waals surface area contributed by atoms with Gasteiger partial charge in [-0.3, -0.25) is 4.79 Å². The van der Waals surface area contributed by atoms with Crippen LogP contribution >= 0.6 is 0 Å². The lowest BCUT2D eigenvalue weighted by molar-refractivity contribution is 0.103. The molecule has 0 atom stereocenters. The third kappa shape index (κ3) is 3.97. The SMILES string of the molecule is CCc1ccc(C(=O)c2ccc(Oc3ccc(C)cc3C)cc2)cc1. The Labute approximate surface area is 149 Å². The van der Waals surface area contributed by atoms with E-state index in [0.717, 1.165) is 23.5 Å². The number of aryl methyl sites for hydroxylation is 3. The van der Waals surface area contributed by atoms with Crippen LogP contribution in [0.25, 0.3) is 0 Å². The maximum Gasteiger partial charge on any atom is 0.193 e. The van der Waals surface area contributed by atoms with Crippen molar-refractivity contribution in [2.24, 2.45) is 0 Å². The van der Waals surface area contributed by atoms with Gasteiger partial charge in [-0.15, -0.1) is 0 Å². The van der Waals surface area contributed by atoms with Gasteiger partial charge in [0.15, 0.2) is 5.78 Å². The van der Waals surface area contributed by atoms with Crippen LogP contribution in [0, 0.1) is 13.8 Å². The van der Waals surface area contributed by atoms with Crippen molar-refractivity contribution >= 4 is 5.78 Å². The van der Waals surface area contributed by atoms with Crippen LogP contribution in [-0.4, -0.2) is 5.78 Å². The van der Waals surface area contributed by atoms with Gasteiger partial charge in [0, 0.05) is 11.1 Å². The molecule has 0 aliphatic heterocycles. The van der Waals surface area contributed by atoms with Crippen LogP contribution in [0.1, 0.15) is 39.5 Å². The summed E-state index contributed by atoms with van der Waals surface area (Å²) in [7, 11) is 0. The molecule has 25 heavy (non-hydrogen) atoms. The van der Waals surface area contributed by atoms with Crippen LogP contribution in [0.15, 0.2) is 66.7 Å². The van der Waals surface area contributed by atoms with Crippen LogP contribution in [0.5, 0.6) is 11.5 Å². The van der Waals surface area contributed by atoms with Crippen molar-refractivity contribution in [3.8, 4) is 11.5 Å². The molecule has 0 aliphatic rings. The highest BCUT2D eigenvalue weighted by molar-refractivity contribution is 6.09. The fourth-order valence-electron chi connectivity index (χ4n) is 2.77. The zero-order valence-corrected chi connectivity index (χ0v) is 14.9. The van der Waals surface area contributed by atoms with E-state index in [9.17, 15) is 4.79 Å². The zero-order chi connectivity index (χ0) is 17.8. The van der Waals surface area contributed by atoms with Crippen LogP contribution < -0.4 is 4.74 Å². The monoisotopic (exact) mass is 330 g/mol. The summed E-state index contributed by atoms with van der Waals surface area (Å²) in [4.78, 5) is 12.6. The molecule has 0 radical (unpaired) electrons. The van der Waals surface area contributed by atoms with Gasteiger partial charge in [0.05, 0.1) is 0 Å². The van der Waals surface area contributed by atoms with Gasteiger partial charge >= 0.3 is 0 Å². The highest BCUT2D eigenvalue weighted by atomic mass is 16.5. The molecule has 2 nitrogen and oxygen atoms in total. The van der Waals surface area contributed by atoms with Crippen molar-refractivity contribution < 1.29 is 9.53 Å². The van der Waals surface area contributed by atoms with Gasteiger partial charge in [-0.1, -0.05) is 48.9 Å². The molecule has 0 aromatic heterocycles. The Bertz CT molecular complexity index is 875. The Morgan fingerprint density at radius 1 is 0.840 bits per heavy atom. The predicted molar refractivity (Wildman–Crippen MR) is 102 cm³/mol. The first kappa shape index (κ1) is 17.0. The Morgan fingerprint density at radius 3 is 2.00 bits per heavy atom. The summed E-state index contributed by atoms with van der Waals surface area (Å²) < 4.78 is 5.92. The van der Waals surface area contributed by atoms with Crippen molar-refractivity contribution in [3.05, 3.63) is 94.5 Å². The molecule has 0 saturated carbocycles. The second kappa shape index (κ2) is 7.35. The molecule has 2 heteroatoms. The number of rotatable bonds is 5. The maximum atomic E-state index is 12.6. The number of carbonyl (C=O) groups excluding carboxylic acids is 1. The topological polar surface area (TPSA) is 26.3 Å². The highest BCUT2D eigenvalue weighted by Crippen LogP contribution is 2.26. The molecule has 0 saturated heterocycles. The first-order valence-corrected chi connectivity index (χ1v) is 8.55. The first-order chi connectivity index (χ1) is 12.1. The molecule has 0 bridgehead atoms. The first-order valence-electron chi connectivity index (χ1n) is 8.55. The quantitative estimate of drug-likeness (QED) is 0.545. The van der Waals surface area contributed by atoms with Crippen LogP contribution in [0.2, 0.25) is 0 Å². The number of benzene rings is 3. The molecule has 0 N–H and O–H groups in total. The standard InChI is InChI=1S/C23H22O2/c1-4-18-6-8-19(9-7-18)23(24)20-10-12-21(13-11-20)25-22-14-5-16(2)15-17(22)3/h5-15H,4H2,1-3H3. The molecule has 0 unspecified atom stereocenters. The molecule has 3 rings (SSSR count). The summed E-state index contributed by atoms with van der Waals surface area (Å²) in [6, 6.07) is 21.2. The van der Waals surface area contributed by atoms with Crippen molar-refractivity contribution in [1.29, 1.82) is 0 Å². The van der Waals surface area contributed by atoms with Crippen molar-refractivity contribution in [3.63, 3.8) is 0 Å². The van der Waals surface area contributed by atoms with Gasteiger partial charge in [0.1, 0.15) is 11.5 Å². The van der Waals surface area contributed by atoms with E-state index in [0.29, 0.717) is 11.1 Å². The van der Waals surface area contributed by atoms with Gasteiger partial charge in [-0.25, -0.2) is 0 Å². The molecule has 3 aromatic carbocycles. The molecule has 0 amide bonds. The van der Waals surface area contributed by atoms with E-state index in [1.165, 1.54) is 11.1 Å². The summed E-state index contributed by atoms with van der Waals surface area (Å²) >= 11 is 0. The number of ketones is 1. The van der Waals surface area contributed by atoms with E-state index >= 15 is 0 Å². The molecule has 0 spiro atoms. The molecule has 3 aromatic rings. The number of ether oxygens (including phenoxy) is 1. The largest absolute Gasteiger partial charge is 0.457 e. The van der Waals surface area contributed by atoms with E-state index in [2.05, 4.69) is 19.9 Å². The van der Waals surface area contributed by atoms with Gasteiger partial charge in [-0.2, -0.15) is 0 Å². The third-order valence-electron chi connectivity index (χ3n) is 4.30. The van der Waals surface area contributed by atoms with Crippen LogP contribution in [0.3, 0.4) is 0 Å². The molecular formula is C23H22O2. The van der Waals surface area contributed by atoms with E-state index in [4.69, 9.17) is 4.74 Å².